The molecule has 4 nitrogen and oxygen atoms in total. The van der Waals surface area contributed by atoms with Gasteiger partial charge in [0.1, 0.15) is 5.56 Å². The molecule has 2 aromatic carbocycles. The summed E-state index contributed by atoms with van der Waals surface area (Å²) in [5.74, 6) is -0.366. The minimum absolute atomic E-state index is 0.200. The molecule has 3 aromatic rings. The number of carbonyl (C=O) groups is 1. The predicted octanol–water partition coefficient (Wildman–Crippen LogP) is 5.88. The number of rotatable bonds is 7. The van der Waals surface area contributed by atoms with Gasteiger partial charge in [-0.1, -0.05) is 61.7 Å². The maximum Gasteiger partial charge on any atom is 0.261 e. The van der Waals surface area contributed by atoms with Gasteiger partial charge in [0.2, 0.25) is 0 Å². The van der Waals surface area contributed by atoms with Crippen molar-refractivity contribution >= 4 is 11.6 Å². The van der Waals surface area contributed by atoms with Crippen LogP contribution >= 0.6 is 0 Å². The average Bonchev–Trinajstić information content (AvgIpc) is 2.71. The lowest BCUT2D eigenvalue weighted by atomic mass is 10.0. The fraction of sp³-hybridized carbons (Fsp3) is 0.308. The molecule has 0 aliphatic rings. The molecule has 0 aliphatic carbocycles. The SMILES string of the molecule is CCCCCn1c(C)cc(=O)c(C(=O)Nc2ccccc2C)c1-c1cccc(C)c1. The largest absolute Gasteiger partial charge is 0.344 e. The maximum absolute atomic E-state index is 13.3. The quantitative estimate of drug-likeness (QED) is 0.502. The molecule has 0 fully saturated rings. The Bertz CT molecular complexity index is 1110. The Kier molecular flexibility index (Phi) is 6.88. The summed E-state index contributed by atoms with van der Waals surface area (Å²) in [6, 6.07) is 17.2. The predicted molar refractivity (Wildman–Crippen MR) is 124 cm³/mol. The van der Waals surface area contributed by atoms with Crippen molar-refractivity contribution in [2.45, 2.75) is 53.5 Å². The van der Waals surface area contributed by atoms with Gasteiger partial charge in [-0.15, -0.1) is 0 Å². The second kappa shape index (κ2) is 9.57. The molecule has 1 aromatic heterocycles. The van der Waals surface area contributed by atoms with Crippen LogP contribution in [0, 0.1) is 20.8 Å². The van der Waals surface area contributed by atoms with E-state index in [4.69, 9.17) is 0 Å². The van der Waals surface area contributed by atoms with E-state index in [-0.39, 0.29) is 16.9 Å². The van der Waals surface area contributed by atoms with E-state index >= 15 is 0 Å². The molecule has 4 heteroatoms. The number of nitrogens with one attached hydrogen (secondary N) is 1. The molecule has 1 heterocycles. The first kappa shape index (κ1) is 21.6. The zero-order valence-corrected chi connectivity index (χ0v) is 18.3. The smallest absolute Gasteiger partial charge is 0.261 e. The molecule has 0 saturated heterocycles. The van der Waals surface area contributed by atoms with Crippen LogP contribution in [0.1, 0.15) is 53.4 Å². The van der Waals surface area contributed by atoms with Crippen molar-refractivity contribution in [2.24, 2.45) is 0 Å². The van der Waals surface area contributed by atoms with E-state index in [0.29, 0.717) is 5.69 Å². The van der Waals surface area contributed by atoms with Gasteiger partial charge >= 0.3 is 0 Å². The lowest BCUT2D eigenvalue weighted by molar-refractivity contribution is 0.102. The van der Waals surface area contributed by atoms with Crippen molar-refractivity contribution in [3.05, 3.63) is 87.2 Å². The first-order valence-electron chi connectivity index (χ1n) is 10.6. The maximum atomic E-state index is 13.3. The number of anilines is 1. The number of unbranched alkanes of at least 4 members (excludes halogenated alkanes) is 2. The zero-order chi connectivity index (χ0) is 21.7. The summed E-state index contributed by atoms with van der Waals surface area (Å²) >= 11 is 0. The molecule has 0 aliphatic heterocycles. The van der Waals surface area contributed by atoms with E-state index in [1.165, 1.54) is 0 Å². The number of hydrogen-bond donors (Lipinski definition) is 1. The number of benzene rings is 2. The molecule has 156 valence electrons. The number of pyridine rings is 1. The highest BCUT2D eigenvalue weighted by Gasteiger charge is 2.22. The first-order chi connectivity index (χ1) is 14.4. The molecular weight excluding hydrogens is 372 g/mol. The number of carbonyl (C=O) groups excluding carboxylic acids is 1. The number of nitrogens with zero attached hydrogens (tertiary/aromatic N) is 1. The standard InChI is InChI=1S/C26H30N2O2/c1-5-6-9-15-28-20(4)17-23(29)24(25(28)21-13-10-11-18(2)16-21)26(30)27-22-14-8-7-12-19(22)3/h7-8,10-14,16-17H,5-6,9,15H2,1-4H3,(H,27,30). The Labute approximate surface area is 178 Å². The van der Waals surface area contributed by atoms with Crippen molar-refractivity contribution < 1.29 is 4.79 Å². The number of aromatic nitrogens is 1. The molecule has 0 spiro atoms. The van der Waals surface area contributed by atoms with E-state index in [2.05, 4.69) is 16.8 Å². The fourth-order valence-electron chi connectivity index (χ4n) is 3.79. The summed E-state index contributed by atoms with van der Waals surface area (Å²) in [5.41, 5.74) is 5.18. The van der Waals surface area contributed by atoms with Crippen molar-refractivity contribution in [3.63, 3.8) is 0 Å². The van der Waals surface area contributed by atoms with Crippen molar-refractivity contribution in [3.8, 4) is 11.3 Å². The van der Waals surface area contributed by atoms with E-state index in [0.717, 1.165) is 53.9 Å². The number of para-hydroxylation sites is 1. The van der Waals surface area contributed by atoms with Gasteiger partial charge in [0.15, 0.2) is 5.43 Å². The number of aryl methyl sites for hydroxylation is 3. The van der Waals surface area contributed by atoms with Crippen LogP contribution in [0.25, 0.3) is 11.3 Å². The Morgan fingerprint density at radius 3 is 2.43 bits per heavy atom. The summed E-state index contributed by atoms with van der Waals surface area (Å²) in [6.45, 7) is 8.84. The Morgan fingerprint density at radius 2 is 1.73 bits per heavy atom. The minimum atomic E-state index is -0.366. The van der Waals surface area contributed by atoms with Gasteiger partial charge in [-0.25, -0.2) is 0 Å². The van der Waals surface area contributed by atoms with E-state index in [9.17, 15) is 9.59 Å². The van der Waals surface area contributed by atoms with Crippen LogP contribution in [-0.4, -0.2) is 10.5 Å². The summed E-state index contributed by atoms with van der Waals surface area (Å²) in [5, 5.41) is 2.95. The molecule has 0 unspecified atom stereocenters. The van der Waals surface area contributed by atoms with Crippen LogP contribution in [-0.2, 0) is 6.54 Å². The van der Waals surface area contributed by atoms with Gasteiger partial charge < -0.3 is 9.88 Å². The molecule has 0 bridgehead atoms. The Hall–Kier alpha value is -3.14. The lowest BCUT2D eigenvalue weighted by Crippen LogP contribution is -2.27. The molecular formula is C26H30N2O2. The zero-order valence-electron chi connectivity index (χ0n) is 18.3. The van der Waals surface area contributed by atoms with Gasteiger partial charge in [-0.3, -0.25) is 9.59 Å². The summed E-state index contributed by atoms with van der Waals surface area (Å²) < 4.78 is 2.12. The van der Waals surface area contributed by atoms with Gasteiger partial charge in [-0.2, -0.15) is 0 Å². The molecule has 0 radical (unpaired) electrons. The number of amides is 1. The van der Waals surface area contributed by atoms with E-state index in [1.54, 1.807) is 6.07 Å². The third-order valence-corrected chi connectivity index (χ3v) is 5.42. The highest BCUT2D eigenvalue weighted by Crippen LogP contribution is 2.26. The Balaban J connectivity index is 2.17. The fourth-order valence-corrected chi connectivity index (χ4v) is 3.79. The average molecular weight is 403 g/mol. The van der Waals surface area contributed by atoms with Gasteiger partial charge in [0.05, 0.1) is 5.69 Å². The van der Waals surface area contributed by atoms with Crippen LogP contribution in [0.5, 0.6) is 0 Å². The Morgan fingerprint density at radius 1 is 0.967 bits per heavy atom. The third kappa shape index (κ3) is 4.70. The highest BCUT2D eigenvalue weighted by molar-refractivity contribution is 6.08. The van der Waals surface area contributed by atoms with Crippen LogP contribution in [0.3, 0.4) is 0 Å². The van der Waals surface area contributed by atoms with Crippen molar-refractivity contribution in [1.82, 2.24) is 4.57 Å². The summed E-state index contributed by atoms with van der Waals surface area (Å²) in [4.78, 5) is 26.4. The molecule has 1 amide bonds. The third-order valence-electron chi connectivity index (χ3n) is 5.42. The molecule has 3 rings (SSSR count). The first-order valence-corrected chi connectivity index (χ1v) is 10.6. The normalized spacial score (nSPS) is 10.8. The molecule has 30 heavy (non-hydrogen) atoms. The molecule has 0 saturated carbocycles. The van der Waals surface area contributed by atoms with Crippen LogP contribution in [0.15, 0.2) is 59.4 Å². The number of hydrogen-bond acceptors (Lipinski definition) is 2. The minimum Gasteiger partial charge on any atom is -0.344 e. The van der Waals surface area contributed by atoms with Gasteiger partial charge in [0, 0.05) is 24.0 Å². The second-order valence-electron chi connectivity index (χ2n) is 7.87. The summed E-state index contributed by atoms with van der Waals surface area (Å²) in [6.07, 6.45) is 3.21. The van der Waals surface area contributed by atoms with Crippen LogP contribution in [0.4, 0.5) is 5.69 Å². The second-order valence-corrected chi connectivity index (χ2v) is 7.87. The topological polar surface area (TPSA) is 51.1 Å². The van der Waals surface area contributed by atoms with Crippen LogP contribution in [0.2, 0.25) is 0 Å². The van der Waals surface area contributed by atoms with Crippen molar-refractivity contribution in [2.75, 3.05) is 5.32 Å². The monoisotopic (exact) mass is 402 g/mol. The van der Waals surface area contributed by atoms with Crippen molar-refractivity contribution in [1.29, 1.82) is 0 Å². The van der Waals surface area contributed by atoms with Gasteiger partial charge in [-0.05, 0) is 50.5 Å². The lowest BCUT2D eigenvalue weighted by Gasteiger charge is -2.21. The summed E-state index contributed by atoms with van der Waals surface area (Å²) in [7, 11) is 0. The highest BCUT2D eigenvalue weighted by atomic mass is 16.2. The van der Waals surface area contributed by atoms with E-state index < -0.39 is 0 Å². The molecule has 0 atom stereocenters. The van der Waals surface area contributed by atoms with E-state index in [1.807, 2.05) is 69.3 Å². The van der Waals surface area contributed by atoms with Crippen LogP contribution < -0.4 is 10.7 Å². The van der Waals surface area contributed by atoms with Gasteiger partial charge in [0.25, 0.3) is 5.91 Å². The molecule has 1 N–H and O–H groups in total.